The molecule has 1 saturated carbocycles. The third kappa shape index (κ3) is 4.21. The molecule has 110 valence electrons. The quantitative estimate of drug-likeness (QED) is 0.833. The normalized spacial score (nSPS) is 16.9. The van der Waals surface area contributed by atoms with Crippen LogP contribution in [-0.2, 0) is 9.53 Å². The number of nitrogens with one attached hydrogen (secondary N) is 1. The van der Waals surface area contributed by atoms with Gasteiger partial charge in [-0.05, 0) is 49.9 Å². The topological polar surface area (TPSA) is 73.6 Å². The first-order valence-corrected chi connectivity index (χ1v) is 7.01. The van der Waals surface area contributed by atoms with Crippen LogP contribution in [0.25, 0.3) is 0 Å². The van der Waals surface area contributed by atoms with Crippen LogP contribution in [0.4, 0.5) is 5.69 Å². The summed E-state index contributed by atoms with van der Waals surface area (Å²) in [4.78, 5) is 11.7. The predicted octanol–water partition coefficient (Wildman–Crippen LogP) is 1.92. The minimum atomic E-state index is -0.658. The Balaban J connectivity index is 1.86. The zero-order valence-corrected chi connectivity index (χ0v) is 11.8. The third-order valence-corrected chi connectivity index (χ3v) is 3.41. The molecule has 0 saturated heterocycles. The molecule has 1 aromatic rings. The number of hydrogen-bond acceptors (Lipinski definition) is 4. The molecule has 0 aromatic heterocycles. The first-order chi connectivity index (χ1) is 9.69. The molecular weight excluding hydrogens is 256 g/mol. The number of rotatable bonds is 6. The lowest BCUT2D eigenvalue weighted by Gasteiger charge is -2.14. The van der Waals surface area contributed by atoms with Gasteiger partial charge in [-0.1, -0.05) is 0 Å². The summed E-state index contributed by atoms with van der Waals surface area (Å²) in [6.07, 6.45) is 5.09. The average molecular weight is 278 g/mol. The van der Waals surface area contributed by atoms with Crippen molar-refractivity contribution >= 4 is 11.6 Å². The molecule has 1 atom stereocenters. The van der Waals surface area contributed by atoms with Crippen LogP contribution >= 0.6 is 0 Å². The minimum absolute atomic E-state index is 0.203. The number of amides is 1. The summed E-state index contributed by atoms with van der Waals surface area (Å²) in [5.41, 5.74) is 6.36. The van der Waals surface area contributed by atoms with Crippen molar-refractivity contribution < 1.29 is 14.3 Å². The summed E-state index contributed by atoms with van der Waals surface area (Å²) in [5.74, 6) is 0.590. The van der Waals surface area contributed by atoms with E-state index < -0.39 is 6.04 Å². The number of anilines is 1. The number of hydrogen-bond donors (Lipinski definition) is 2. The van der Waals surface area contributed by atoms with Crippen LogP contribution in [0.1, 0.15) is 25.7 Å². The van der Waals surface area contributed by atoms with Gasteiger partial charge in [0.15, 0.2) is 0 Å². The lowest BCUT2D eigenvalue weighted by atomic mass is 10.2. The summed E-state index contributed by atoms with van der Waals surface area (Å²) < 4.78 is 10.7. The Labute approximate surface area is 119 Å². The van der Waals surface area contributed by atoms with Crippen molar-refractivity contribution in [2.45, 2.75) is 37.8 Å². The first-order valence-electron chi connectivity index (χ1n) is 7.01. The highest BCUT2D eigenvalue weighted by Crippen LogP contribution is 2.24. The van der Waals surface area contributed by atoms with Gasteiger partial charge in [-0.25, -0.2) is 0 Å². The van der Waals surface area contributed by atoms with Crippen molar-refractivity contribution in [1.82, 2.24) is 0 Å². The first kappa shape index (κ1) is 14.8. The summed E-state index contributed by atoms with van der Waals surface area (Å²) in [5, 5.41) is 2.75. The second-order valence-corrected chi connectivity index (χ2v) is 5.10. The van der Waals surface area contributed by atoms with E-state index in [1.165, 1.54) is 20.0 Å². The fourth-order valence-corrected chi connectivity index (χ4v) is 2.31. The molecule has 5 nitrogen and oxygen atoms in total. The number of carbonyl (C=O) groups is 1. The maximum Gasteiger partial charge on any atom is 0.243 e. The van der Waals surface area contributed by atoms with Crippen LogP contribution in [0.15, 0.2) is 24.3 Å². The third-order valence-electron chi connectivity index (χ3n) is 3.41. The molecule has 5 heteroatoms. The molecular formula is C15H22N2O3. The van der Waals surface area contributed by atoms with Crippen LogP contribution in [0.2, 0.25) is 0 Å². The van der Waals surface area contributed by atoms with Gasteiger partial charge in [-0.15, -0.1) is 0 Å². The number of nitrogens with two attached hydrogens (primary N) is 1. The van der Waals surface area contributed by atoms with Gasteiger partial charge in [0.25, 0.3) is 0 Å². The summed E-state index contributed by atoms with van der Waals surface area (Å²) in [6.45, 7) is 0.203. The van der Waals surface area contributed by atoms with E-state index in [0.29, 0.717) is 11.8 Å². The molecule has 3 N–H and O–H groups in total. The van der Waals surface area contributed by atoms with Crippen LogP contribution in [0.3, 0.4) is 0 Å². The Morgan fingerprint density at radius 3 is 2.60 bits per heavy atom. The van der Waals surface area contributed by atoms with Gasteiger partial charge in [0.05, 0.1) is 12.7 Å². The zero-order chi connectivity index (χ0) is 14.4. The van der Waals surface area contributed by atoms with E-state index in [1.54, 1.807) is 0 Å². The highest BCUT2D eigenvalue weighted by Gasteiger charge is 2.16. The highest BCUT2D eigenvalue weighted by molar-refractivity contribution is 5.94. The largest absolute Gasteiger partial charge is 0.490 e. The van der Waals surface area contributed by atoms with Crippen molar-refractivity contribution in [1.29, 1.82) is 0 Å². The van der Waals surface area contributed by atoms with Crippen LogP contribution in [0.5, 0.6) is 5.75 Å². The van der Waals surface area contributed by atoms with Crippen LogP contribution in [-0.4, -0.2) is 31.8 Å². The molecule has 1 amide bonds. The molecule has 1 aliphatic carbocycles. The molecule has 0 aliphatic heterocycles. The molecule has 0 heterocycles. The second kappa shape index (κ2) is 7.26. The van der Waals surface area contributed by atoms with Crippen molar-refractivity contribution in [2.75, 3.05) is 19.0 Å². The Morgan fingerprint density at radius 2 is 2.00 bits per heavy atom. The van der Waals surface area contributed by atoms with E-state index in [-0.39, 0.29) is 12.5 Å². The molecule has 1 aromatic carbocycles. The smallest absolute Gasteiger partial charge is 0.243 e. The number of benzene rings is 1. The fraction of sp³-hybridized carbons (Fsp3) is 0.533. The van der Waals surface area contributed by atoms with Gasteiger partial charge in [0.2, 0.25) is 5.91 Å². The molecule has 2 rings (SSSR count). The van der Waals surface area contributed by atoms with Gasteiger partial charge < -0.3 is 20.5 Å². The molecule has 1 aliphatic rings. The van der Waals surface area contributed by atoms with Crippen molar-refractivity contribution in [3.63, 3.8) is 0 Å². The predicted molar refractivity (Wildman–Crippen MR) is 77.8 cm³/mol. The van der Waals surface area contributed by atoms with Gasteiger partial charge >= 0.3 is 0 Å². The number of ether oxygens (including phenoxy) is 2. The Hall–Kier alpha value is -1.59. The van der Waals surface area contributed by atoms with Gasteiger partial charge in [-0.3, -0.25) is 4.79 Å². The summed E-state index contributed by atoms with van der Waals surface area (Å²) >= 11 is 0. The van der Waals surface area contributed by atoms with Crippen LogP contribution in [0, 0.1) is 0 Å². The van der Waals surface area contributed by atoms with E-state index in [4.69, 9.17) is 15.2 Å². The average Bonchev–Trinajstić information content (AvgIpc) is 2.94. The fourth-order valence-electron chi connectivity index (χ4n) is 2.31. The lowest BCUT2D eigenvalue weighted by Crippen LogP contribution is -2.39. The monoisotopic (exact) mass is 278 g/mol. The molecule has 1 unspecified atom stereocenters. The molecule has 20 heavy (non-hydrogen) atoms. The highest BCUT2D eigenvalue weighted by atomic mass is 16.5. The SMILES string of the molecule is COCC(N)C(=O)Nc1ccc(OC2CCCC2)cc1. The Bertz CT molecular complexity index is 427. The Morgan fingerprint density at radius 1 is 1.35 bits per heavy atom. The van der Waals surface area contributed by atoms with Crippen molar-refractivity contribution in [3.8, 4) is 5.75 Å². The second-order valence-electron chi connectivity index (χ2n) is 5.10. The van der Waals surface area contributed by atoms with Gasteiger partial charge in [-0.2, -0.15) is 0 Å². The van der Waals surface area contributed by atoms with E-state index in [2.05, 4.69) is 5.32 Å². The van der Waals surface area contributed by atoms with E-state index in [1.807, 2.05) is 24.3 Å². The molecule has 0 spiro atoms. The maximum atomic E-state index is 11.7. The lowest BCUT2D eigenvalue weighted by molar-refractivity contribution is -0.118. The zero-order valence-electron chi connectivity index (χ0n) is 11.8. The van der Waals surface area contributed by atoms with Crippen molar-refractivity contribution in [3.05, 3.63) is 24.3 Å². The van der Waals surface area contributed by atoms with E-state index in [0.717, 1.165) is 18.6 Å². The van der Waals surface area contributed by atoms with E-state index in [9.17, 15) is 4.79 Å². The molecule has 1 fully saturated rings. The summed E-state index contributed by atoms with van der Waals surface area (Å²) in [7, 11) is 1.52. The minimum Gasteiger partial charge on any atom is -0.490 e. The molecule has 0 radical (unpaired) electrons. The summed E-state index contributed by atoms with van der Waals surface area (Å²) in [6, 6.07) is 6.73. The van der Waals surface area contributed by atoms with Crippen molar-refractivity contribution in [2.24, 2.45) is 5.73 Å². The van der Waals surface area contributed by atoms with Crippen LogP contribution < -0.4 is 15.8 Å². The molecule has 0 bridgehead atoms. The number of methoxy groups -OCH3 is 1. The van der Waals surface area contributed by atoms with Gasteiger partial charge in [0, 0.05) is 12.8 Å². The Kier molecular flexibility index (Phi) is 5.38. The number of carbonyl (C=O) groups excluding carboxylic acids is 1. The van der Waals surface area contributed by atoms with E-state index >= 15 is 0 Å². The maximum absolute atomic E-state index is 11.7. The standard InChI is InChI=1S/C15H22N2O3/c1-19-10-14(16)15(18)17-11-6-8-13(9-7-11)20-12-4-2-3-5-12/h6-9,12,14H,2-5,10,16H2,1H3,(H,17,18). The van der Waals surface area contributed by atoms with Gasteiger partial charge in [0.1, 0.15) is 11.8 Å².